The summed E-state index contributed by atoms with van der Waals surface area (Å²) in [4.78, 5) is 39.8. The smallest absolute Gasteiger partial charge is 0.348 e. The number of hydrogen-bond acceptors (Lipinski definition) is 9. The molecule has 12 heteroatoms. The Morgan fingerprint density at radius 1 is 1.09 bits per heavy atom. The van der Waals surface area contributed by atoms with Crippen LogP contribution >= 0.6 is 23.6 Å². The fraction of sp³-hybridized carbons (Fsp3) is 0.409. The van der Waals surface area contributed by atoms with Gasteiger partial charge in [-0.3, -0.25) is 10.1 Å². The second kappa shape index (κ2) is 11.3. The van der Waals surface area contributed by atoms with Gasteiger partial charge in [0, 0.05) is 44.0 Å². The van der Waals surface area contributed by atoms with Gasteiger partial charge in [-0.2, -0.15) is 0 Å². The molecule has 10 nitrogen and oxygen atoms in total. The second-order valence-corrected chi connectivity index (χ2v) is 8.79. The Morgan fingerprint density at radius 2 is 1.68 bits per heavy atom. The van der Waals surface area contributed by atoms with E-state index in [2.05, 4.69) is 10.2 Å². The molecule has 0 radical (unpaired) electrons. The van der Waals surface area contributed by atoms with Crippen LogP contribution in [-0.4, -0.2) is 66.3 Å². The molecule has 1 aromatic heterocycles. The monoisotopic (exact) mass is 506 g/mol. The fourth-order valence-corrected chi connectivity index (χ4v) is 5.01. The lowest BCUT2D eigenvalue weighted by molar-refractivity contribution is -0.384. The van der Waals surface area contributed by atoms with Gasteiger partial charge in [-0.05, 0) is 50.7 Å². The Morgan fingerprint density at radius 3 is 2.24 bits per heavy atom. The van der Waals surface area contributed by atoms with Crippen molar-refractivity contribution in [1.29, 1.82) is 0 Å². The number of hydrogen-bond donors (Lipinski definition) is 1. The number of nitrogens with one attached hydrogen (secondary N) is 1. The number of carbonyl (C=O) groups excluding carboxylic acids is 2. The molecular weight excluding hydrogens is 480 g/mol. The lowest BCUT2D eigenvalue weighted by Crippen LogP contribution is -2.50. The van der Waals surface area contributed by atoms with Crippen molar-refractivity contribution >= 4 is 57.0 Å². The number of piperazine rings is 1. The van der Waals surface area contributed by atoms with E-state index in [1.165, 1.54) is 12.1 Å². The molecule has 1 N–H and O–H groups in total. The molecular formula is C22H26N4O6S2. The number of nitro benzene ring substituents is 1. The van der Waals surface area contributed by atoms with Crippen LogP contribution in [0.4, 0.5) is 16.4 Å². The fourth-order valence-electron chi connectivity index (χ4n) is 3.57. The first-order valence-electron chi connectivity index (χ1n) is 10.8. The van der Waals surface area contributed by atoms with Crippen LogP contribution < -0.4 is 10.2 Å². The molecule has 34 heavy (non-hydrogen) atoms. The number of esters is 2. The first kappa shape index (κ1) is 25.4. The van der Waals surface area contributed by atoms with Crippen molar-refractivity contribution in [2.75, 3.05) is 49.6 Å². The molecule has 2 aromatic rings. The molecule has 1 aliphatic heterocycles. The predicted octanol–water partition coefficient (Wildman–Crippen LogP) is 3.84. The van der Waals surface area contributed by atoms with Gasteiger partial charge in [-0.15, -0.1) is 11.3 Å². The molecule has 0 bridgehead atoms. The summed E-state index contributed by atoms with van der Waals surface area (Å²) < 4.78 is 10.3. The highest BCUT2D eigenvalue weighted by Crippen LogP contribution is 2.34. The molecule has 1 aliphatic rings. The van der Waals surface area contributed by atoms with Gasteiger partial charge in [-0.25, -0.2) is 9.59 Å². The number of nitrogens with zero attached hydrogens (tertiary/aromatic N) is 3. The van der Waals surface area contributed by atoms with E-state index in [4.69, 9.17) is 21.7 Å². The molecule has 0 saturated carbocycles. The van der Waals surface area contributed by atoms with E-state index < -0.39 is 16.9 Å². The van der Waals surface area contributed by atoms with Gasteiger partial charge in [0.05, 0.1) is 23.7 Å². The molecule has 0 unspecified atom stereocenters. The Hall–Kier alpha value is -3.25. The summed E-state index contributed by atoms with van der Waals surface area (Å²) in [5.41, 5.74) is 1.73. The van der Waals surface area contributed by atoms with Gasteiger partial charge >= 0.3 is 11.9 Å². The van der Waals surface area contributed by atoms with Crippen molar-refractivity contribution in [2.24, 2.45) is 0 Å². The Labute approximate surface area is 206 Å². The Kier molecular flexibility index (Phi) is 8.40. The van der Waals surface area contributed by atoms with Crippen LogP contribution in [0.25, 0.3) is 0 Å². The normalized spacial score (nSPS) is 13.4. The maximum atomic E-state index is 12.6. The minimum atomic E-state index is -0.528. The second-order valence-electron chi connectivity index (χ2n) is 7.38. The minimum Gasteiger partial charge on any atom is -0.462 e. The van der Waals surface area contributed by atoms with Gasteiger partial charge in [0.1, 0.15) is 9.88 Å². The van der Waals surface area contributed by atoms with Gasteiger partial charge in [0.15, 0.2) is 5.11 Å². The highest BCUT2D eigenvalue weighted by atomic mass is 32.1. The van der Waals surface area contributed by atoms with Crippen molar-refractivity contribution in [2.45, 2.75) is 20.8 Å². The number of benzene rings is 1. The molecule has 3 rings (SSSR count). The van der Waals surface area contributed by atoms with Crippen LogP contribution in [0.5, 0.6) is 0 Å². The SMILES string of the molecule is CCOC(=O)c1sc(NC(=S)N2CCN(c3ccc([N+](=O)[O-])cc3)CC2)c(C(=O)OCC)c1C. The standard InChI is InChI=1S/C22H26N4O6S2/c1-4-31-20(27)17-14(3)18(21(28)32-5-2)34-19(17)23-22(33)25-12-10-24(11-13-25)15-6-8-16(9-7-15)26(29)30/h6-9H,4-5,10-13H2,1-3H3,(H,23,33). The summed E-state index contributed by atoms with van der Waals surface area (Å²) in [6.45, 7) is 8.13. The maximum Gasteiger partial charge on any atom is 0.348 e. The summed E-state index contributed by atoms with van der Waals surface area (Å²) in [6.07, 6.45) is 0. The quantitative estimate of drug-likeness (QED) is 0.257. The van der Waals surface area contributed by atoms with Gasteiger partial charge in [-0.1, -0.05) is 0 Å². The van der Waals surface area contributed by atoms with Crippen molar-refractivity contribution < 1.29 is 24.0 Å². The number of nitro groups is 1. The molecule has 1 fully saturated rings. The number of thiocarbonyl (C=S) groups is 1. The van der Waals surface area contributed by atoms with E-state index in [9.17, 15) is 19.7 Å². The summed E-state index contributed by atoms with van der Waals surface area (Å²) in [6, 6.07) is 6.46. The number of rotatable bonds is 7. The zero-order chi connectivity index (χ0) is 24.8. The van der Waals surface area contributed by atoms with Crippen LogP contribution in [0.15, 0.2) is 24.3 Å². The first-order valence-corrected chi connectivity index (χ1v) is 12.0. The van der Waals surface area contributed by atoms with Crippen LogP contribution in [0.1, 0.15) is 39.4 Å². The number of ether oxygens (including phenoxy) is 2. The van der Waals surface area contributed by atoms with E-state index in [0.717, 1.165) is 17.0 Å². The lowest BCUT2D eigenvalue weighted by atomic mass is 10.1. The third-order valence-corrected chi connectivity index (χ3v) is 6.85. The molecule has 1 saturated heterocycles. The van der Waals surface area contributed by atoms with E-state index in [0.29, 0.717) is 46.7 Å². The molecule has 1 aromatic carbocycles. The van der Waals surface area contributed by atoms with Crippen LogP contribution in [-0.2, 0) is 9.47 Å². The Balaban J connectivity index is 1.70. The molecule has 0 amide bonds. The number of thiophene rings is 1. The van der Waals surface area contributed by atoms with E-state index in [1.54, 1.807) is 32.9 Å². The maximum absolute atomic E-state index is 12.6. The zero-order valence-electron chi connectivity index (χ0n) is 19.2. The van der Waals surface area contributed by atoms with Crippen molar-refractivity contribution in [1.82, 2.24) is 4.90 Å². The van der Waals surface area contributed by atoms with Gasteiger partial charge in [0.25, 0.3) is 5.69 Å². The first-order chi connectivity index (χ1) is 16.3. The van der Waals surface area contributed by atoms with Crippen molar-refractivity contribution in [3.05, 3.63) is 50.4 Å². The average Bonchev–Trinajstić information content (AvgIpc) is 3.15. The number of non-ortho nitro benzene ring substituents is 1. The summed E-state index contributed by atoms with van der Waals surface area (Å²) >= 11 is 6.71. The minimum absolute atomic E-state index is 0.0543. The Bertz CT molecular complexity index is 1080. The lowest BCUT2D eigenvalue weighted by Gasteiger charge is -2.37. The third-order valence-electron chi connectivity index (χ3n) is 5.30. The van der Waals surface area contributed by atoms with E-state index >= 15 is 0 Å². The zero-order valence-corrected chi connectivity index (χ0v) is 20.8. The summed E-state index contributed by atoms with van der Waals surface area (Å²) in [7, 11) is 0. The summed E-state index contributed by atoms with van der Waals surface area (Å²) in [5.74, 6) is -1.02. The van der Waals surface area contributed by atoms with Crippen LogP contribution in [0.3, 0.4) is 0 Å². The molecule has 2 heterocycles. The highest BCUT2D eigenvalue weighted by molar-refractivity contribution is 7.80. The van der Waals surface area contributed by atoms with Crippen LogP contribution in [0.2, 0.25) is 0 Å². The molecule has 0 aliphatic carbocycles. The predicted molar refractivity (Wildman–Crippen MR) is 134 cm³/mol. The van der Waals surface area contributed by atoms with Gasteiger partial charge in [0.2, 0.25) is 0 Å². The molecule has 182 valence electrons. The number of carbonyl (C=O) groups is 2. The molecule has 0 atom stereocenters. The summed E-state index contributed by atoms with van der Waals surface area (Å²) in [5, 5.41) is 14.9. The van der Waals surface area contributed by atoms with Crippen molar-refractivity contribution in [3.63, 3.8) is 0 Å². The van der Waals surface area contributed by atoms with E-state index in [-0.39, 0.29) is 24.5 Å². The highest BCUT2D eigenvalue weighted by Gasteiger charge is 2.28. The number of anilines is 2. The topological polar surface area (TPSA) is 114 Å². The third kappa shape index (κ3) is 5.62. The van der Waals surface area contributed by atoms with Gasteiger partial charge < -0.3 is 24.6 Å². The van der Waals surface area contributed by atoms with E-state index in [1.807, 2.05) is 4.90 Å². The van der Waals surface area contributed by atoms with Crippen LogP contribution in [0, 0.1) is 17.0 Å². The average molecular weight is 507 g/mol. The molecule has 0 spiro atoms. The van der Waals surface area contributed by atoms with Crippen molar-refractivity contribution in [3.8, 4) is 0 Å². The largest absolute Gasteiger partial charge is 0.462 e.